The molecule has 0 spiro atoms. The van der Waals surface area contributed by atoms with Crippen molar-refractivity contribution in [3.63, 3.8) is 0 Å². The summed E-state index contributed by atoms with van der Waals surface area (Å²) in [6.45, 7) is 1.26. The van der Waals surface area contributed by atoms with Gasteiger partial charge < -0.3 is 9.64 Å². The van der Waals surface area contributed by atoms with Crippen LogP contribution in [0.5, 0.6) is 5.75 Å². The molecule has 0 bridgehead atoms. The Morgan fingerprint density at radius 3 is 2.65 bits per heavy atom. The minimum atomic E-state index is -0.337. The molecule has 4 nitrogen and oxygen atoms in total. The maximum atomic E-state index is 13.1. The van der Waals surface area contributed by atoms with E-state index in [1.807, 2.05) is 18.2 Å². The molecule has 0 aliphatic carbocycles. The first-order valence-electron chi connectivity index (χ1n) is 8.37. The zero-order valence-electron chi connectivity index (χ0n) is 13.8. The van der Waals surface area contributed by atoms with Crippen LogP contribution in [0.15, 0.2) is 46.4 Å². The number of fused-ring (bicyclic) bond motifs is 1. The molecule has 0 unspecified atom stereocenters. The number of benzene rings is 2. The van der Waals surface area contributed by atoms with Gasteiger partial charge in [0.25, 0.3) is 0 Å². The molecule has 0 saturated carbocycles. The van der Waals surface area contributed by atoms with Crippen LogP contribution < -0.4 is 4.74 Å². The molecule has 1 aromatic heterocycles. The number of carbonyl (C=O) groups is 1. The van der Waals surface area contributed by atoms with E-state index in [1.54, 1.807) is 17.0 Å². The molecule has 0 atom stereocenters. The predicted molar refractivity (Wildman–Crippen MR) is 103 cm³/mol. The van der Waals surface area contributed by atoms with E-state index < -0.39 is 0 Å². The van der Waals surface area contributed by atoms with E-state index in [9.17, 15) is 9.18 Å². The number of thiazole rings is 1. The molecule has 2 aromatic carbocycles. The van der Waals surface area contributed by atoms with E-state index in [1.165, 1.54) is 23.5 Å². The largest absolute Gasteiger partial charge is 0.415 e. The number of ether oxygens (including phenoxy) is 1. The third kappa shape index (κ3) is 3.73. The normalized spacial score (nSPS) is 15.4. The van der Waals surface area contributed by atoms with Gasteiger partial charge in [0.2, 0.25) is 0 Å². The first-order chi connectivity index (χ1) is 12.6. The summed E-state index contributed by atoms with van der Waals surface area (Å²) in [5.41, 5.74) is 1.93. The number of amides is 1. The number of halogens is 2. The van der Waals surface area contributed by atoms with Gasteiger partial charge in [-0.1, -0.05) is 12.1 Å². The SMILES string of the molecule is O=C(Oc1ccc2sc(Br)nc2c1)N1CCC(c2ccc(F)cc2)CC1. The highest BCUT2D eigenvalue weighted by Gasteiger charge is 2.25. The molecule has 1 fully saturated rings. The van der Waals surface area contributed by atoms with Crippen LogP contribution in [0.3, 0.4) is 0 Å². The number of aromatic nitrogens is 1. The standard InChI is InChI=1S/C19H16BrFN2O2S/c20-18-22-16-11-15(5-6-17(16)26-18)25-19(24)23-9-7-13(8-10-23)12-1-3-14(21)4-2-12/h1-6,11,13H,7-10H2. The second-order valence-corrected chi connectivity index (χ2v) is 8.58. The van der Waals surface area contributed by atoms with Crippen LogP contribution in [0.2, 0.25) is 0 Å². The number of carbonyl (C=O) groups excluding carboxylic acids is 1. The summed E-state index contributed by atoms with van der Waals surface area (Å²) in [6, 6.07) is 12.1. The van der Waals surface area contributed by atoms with Crippen LogP contribution in [-0.2, 0) is 0 Å². The second-order valence-electron chi connectivity index (χ2n) is 6.28. The van der Waals surface area contributed by atoms with Crippen LogP contribution in [-0.4, -0.2) is 29.1 Å². The van der Waals surface area contributed by atoms with Crippen molar-refractivity contribution < 1.29 is 13.9 Å². The summed E-state index contributed by atoms with van der Waals surface area (Å²) < 4.78 is 20.4. The molecule has 2 heterocycles. The van der Waals surface area contributed by atoms with Crippen molar-refractivity contribution in [3.8, 4) is 5.75 Å². The topological polar surface area (TPSA) is 42.4 Å². The van der Waals surface area contributed by atoms with Crippen molar-refractivity contribution in [2.45, 2.75) is 18.8 Å². The molecule has 134 valence electrons. The van der Waals surface area contributed by atoms with Gasteiger partial charge in [-0.2, -0.15) is 0 Å². The average Bonchev–Trinajstić information content (AvgIpc) is 3.02. The van der Waals surface area contributed by atoms with Crippen LogP contribution in [0.25, 0.3) is 10.2 Å². The number of nitrogens with zero attached hydrogens (tertiary/aromatic N) is 2. The van der Waals surface area contributed by atoms with Crippen molar-refractivity contribution in [1.29, 1.82) is 0 Å². The summed E-state index contributed by atoms with van der Waals surface area (Å²) in [7, 11) is 0. The second kappa shape index (κ2) is 7.32. The highest BCUT2D eigenvalue weighted by atomic mass is 79.9. The van der Waals surface area contributed by atoms with E-state index in [0.717, 1.165) is 32.5 Å². The number of likely N-dealkylation sites (tertiary alicyclic amines) is 1. The summed E-state index contributed by atoms with van der Waals surface area (Å²) in [6.07, 6.45) is 1.36. The molecule has 0 N–H and O–H groups in total. The molecule has 26 heavy (non-hydrogen) atoms. The maximum absolute atomic E-state index is 13.1. The van der Waals surface area contributed by atoms with Crippen LogP contribution in [0, 0.1) is 5.82 Å². The van der Waals surface area contributed by atoms with Gasteiger partial charge in [0, 0.05) is 19.2 Å². The van der Waals surface area contributed by atoms with E-state index >= 15 is 0 Å². The van der Waals surface area contributed by atoms with Crippen molar-refractivity contribution in [2.24, 2.45) is 0 Å². The van der Waals surface area contributed by atoms with E-state index in [0.29, 0.717) is 24.8 Å². The number of hydrogen-bond donors (Lipinski definition) is 0. The van der Waals surface area contributed by atoms with Crippen molar-refractivity contribution >= 4 is 43.6 Å². The summed E-state index contributed by atoms with van der Waals surface area (Å²) in [4.78, 5) is 18.5. The average molecular weight is 435 g/mol. The fourth-order valence-electron chi connectivity index (χ4n) is 3.24. The molecule has 1 saturated heterocycles. The molecule has 4 rings (SSSR count). The molecule has 1 amide bonds. The van der Waals surface area contributed by atoms with Gasteiger partial charge in [-0.05, 0) is 64.5 Å². The minimum Gasteiger partial charge on any atom is -0.410 e. The van der Waals surface area contributed by atoms with E-state index in [-0.39, 0.29) is 11.9 Å². The fourth-order valence-corrected chi connectivity index (χ4v) is 4.62. The minimum absolute atomic E-state index is 0.223. The Balaban J connectivity index is 1.37. The fraction of sp³-hybridized carbons (Fsp3) is 0.263. The first kappa shape index (κ1) is 17.4. The Kier molecular flexibility index (Phi) is 4.91. The number of rotatable bonds is 2. The highest BCUT2D eigenvalue weighted by molar-refractivity contribution is 9.11. The molecule has 1 aliphatic heterocycles. The molecular formula is C19H16BrFN2O2S. The first-order valence-corrected chi connectivity index (χ1v) is 9.98. The number of hydrogen-bond acceptors (Lipinski definition) is 4. The summed E-state index contributed by atoms with van der Waals surface area (Å²) >= 11 is 4.90. The van der Waals surface area contributed by atoms with E-state index in [4.69, 9.17) is 4.74 Å². The third-order valence-electron chi connectivity index (χ3n) is 4.63. The zero-order valence-corrected chi connectivity index (χ0v) is 16.2. The third-order valence-corrected chi connectivity index (χ3v) is 6.12. The molecular weight excluding hydrogens is 419 g/mol. The lowest BCUT2D eigenvalue weighted by Crippen LogP contribution is -2.39. The number of piperidine rings is 1. The Labute approximate surface area is 162 Å². The van der Waals surface area contributed by atoms with Gasteiger partial charge in [0.15, 0.2) is 3.92 Å². The van der Waals surface area contributed by atoms with Crippen molar-refractivity contribution in [3.05, 3.63) is 57.8 Å². The monoisotopic (exact) mass is 434 g/mol. The quantitative estimate of drug-likeness (QED) is 0.528. The van der Waals surface area contributed by atoms with Crippen molar-refractivity contribution in [1.82, 2.24) is 9.88 Å². The molecule has 7 heteroatoms. The van der Waals surface area contributed by atoms with Gasteiger partial charge in [-0.25, -0.2) is 14.2 Å². The summed E-state index contributed by atoms with van der Waals surface area (Å²) in [5.74, 6) is 0.628. The molecule has 1 aliphatic rings. The van der Waals surface area contributed by atoms with Gasteiger partial charge in [-0.15, -0.1) is 11.3 Å². The van der Waals surface area contributed by atoms with Crippen LogP contribution >= 0.6 is 27.3 Å². The maximum Gasteiger partial charge on any atom is 0.415 e. The van der Waals surface area contributed by atoms with Gasteiger partial charge >= 0.3 is 6.09 Å². The smallest absolute Gasteiger partial charge is 0.410 e. The van der Waals surface area contributed by atoms with Crippen LogP contribution in [0.1, 0.15) is 24.3 Å². The molecule has 3 aromatic rings. The van der Waals surface area contributed by atoms with Gasteiger partial charge in [-0.3, -0.25) is 0 Å². The van der Waals surface area contributed by atoms with Crippen molar-refractivity contribution in [2.75, 3.05) is 13.1 Å². The summed E-state index contributed by atoms with van der Waals surface area (Å²) in [5, 5.41) is 0. The van der Waals surface area contributed by atoms with Gasteiger partial charge in [0.05, 0.1) is 10.2 Å². The van der Waals surface area contributed by atoms with Crippen LogP contribution in [0.4, 0.5) is 9.18 Å². The lowest BCUT2D eigenvalue weighted by molar-refractivity contribution is 0.139. The molecule has 0 radical (unpaired) electrons. The Hall–Kier alpha value is -1.99. The lowest BCUT2D eigenvalue weighted by atomic mass is 9.89. The highest BCUT2D eigenvalue weighted by Crippen LogP contribution is 2.30. The Bertz CT molecular complexity index is 936. The lowest BCUT2D eigenvalue weighted by Gasteiger charge is -2.31. The predicted octanol–water partition coefficient (Wildman–Crippen LogP) is 5.58. The Morgan fingerprint density at radius 2 is 1.92 bits per heavy atom. The van der Waals surface area contributed by atoms with Gasteiger partial charge in [0.1, 0.15) is 11.6 Å². The Morgan fingerprint density at radius 1 is 1.19 bits per heavy atom. The zero-order chi connectivity index (χ0) is 18.1. The van der Waals surface area contributed by atoms with E-state index in [2.05, 4.69) is 20.9 Å².